The van der Waals surface area contributed by atoms with Crippen molar-refractivity contribution in [3.05, 3.63) is 11.6 Å². The Balaban J connectivity index is 1.79. The Hall–Kier alpha value is -0.830. The molecule has 0 N–H and O–H groups in total. The highest BCUT2D eigenvalue weighted by Crippen LogP contribution is 2.53. The molecule has 118 valence electrons. The van der Waals surface area contributed by atoms with Gasteiger partial charge in [0.25, 0.3) is 0 Å². The third-order valence-corrected chi connectivity index (χ3v) is 5.98. The Morgan fingerprint density at radius 1 is 1.29 bits per heavy atom. The predicted octanol–water partition coefficient (Wildman–Crippen LogP) is 4.22. The topological polar surface area (TPSA) is 35.5 Å². The third kappa shape index (κ3) is 2.77. The molecule has 0 bridgehead atoms. The van der Waals surface area contributed by atoms with E-state index >= 15 is 0 Å². The van der Waals surface area contributed by atoms with Crippen LogP contribution in [0.25, 0.3) is 0 Å². The van der Waals surface area contributed by atoms with Crippen LogP contribution >= 0.6 is 0 Å². The summed E-state index contributed by atoms with van der Waals surface area (Å²) in [6.07, 6.45) is 11.1. The van der Waals surface area contributed by atoms with E-state index in [0.29, 0.717) is 17.9 Å². The second-order valence-electron chi connectivity index (χ2n) is 7.73. The second kappa shape index (κ2) is 5.42. The number of carbonyl (C=O) groups is 1. The van der Waals surface area contributed by atoms with Crippen LogP contribution in [-0.4, -0.2) is 18.9 Å². The minimum absolute atomic E-state index is 0.0359. The minimum atomic E-state index is -0.343. The first-order chi connectivity index (χ1) is 9.93. The van der Waals surface area contributed by atoms with Gasteiger partial charge in [0.15, 0.2) is 0 Å². The normalized spacial score (nSPS) is 38.5. The number of rotatable bonds is 2. The number of carbonyl (C=O) groups excluding carboxylic acids is 1. The summed E-state index contributed by atoms with van der Waals surface area (Å²) in [6, 6.07) is 0. The first-order valence-corrected chi connectivity index (χ1v) is 8.44. The lowest BCUT2D eigenvalue weighted by atomic mass is 9.62. The van der Waals surface area contributed by atoms with Crippen molar-refractivity contribution in [1.82, 2.24) is 0 Å². The van der Waals surface area contributed by atoms with Gasteiger partial charge in [-0.1, -0.05) is 44.8 Å². The van der Waals surface area contributed by atoms with E-state index in [2.05, 4.69) is 19.9 Å². The lowest BCUT2D eigenvalue weighted by Gasteiger charge is -2.42. The number of esters is 1. The molecule has 0 amide bonds. The number of fused-ring (bicyclic) bond motifs is 1. The molecule has 1 heterocycles. The smallest absolute Gasteiger partial charge is 0.304 e. The van der Waals surface area contributed by atoms with Gasteiger partial charge in [-0.05, 0) is 31.1 Å². The molecule has 1 aliphatic heterocycles. The first-order valence-electron chi connectivity index (χ1n) is 8.44. The van der Waals surface area contributed by atoms with Crippen molar-refractivity contribution >= 4 is 5.97 Å². The van der Waals surface area contributed by atoms with Gasteiger partial charge in [-0.25, -0.2) is 0 Å². The second-order valence-corrected chi connectivity index (χ2v) is 7.73. The maximum absolute atomic E-state index is 11.2. The summed E-state index contributed by atoms with van der Waals surface area (Å²) in [5, 5.41) is 0. The van der Waals surface area contributed by atoms with E-state index in [-0.39, 0.29) is 17.7 Å². The molecule has 21 heavy (non-hydrogen) atoms. The van der Waals surface area contributed by atoms with Crippen molar-refractivity contribution in [2.75, 3.05) is 6.61 Å². The molecule has 0 aromatic rings. The molecule has 2 aliphatic carbocycles. The predicted molar refractivity (Wildman–Crippen MR) is 81.6 cm³/mol. The van der Waals surface area contributed by atoms with Gasteiger partial charge in [-0.3, -0.25) is 4.79 Å². The van der Waals surface area contributed by atoms with Crippen LogP contribution in [0.3, 0.4) is 0 Å². The average Bonchev–Trinajstić information content (AvgIpc) is 2.75. The monoisotopic (exact) mass is 292 g/mol. The molecule has 0 aromatic heterocycles. The van der Waals surface area contributed by atoms with Crippen LogP contribution in [0.15, 0.2) is 11.6 Å². The molecule has 1 saturated carbocycles. The molecular weight excluding hydrogens is 264 g/mol. The Morgan fingerprint density at radius 2 is 2.00 bits per heavy atom. The lowest BCUT2D eigenvalue weighted by Crippen LogP contribution is -2.36. The quantitative estimate of drug-likeness (QED) is 0.564. The fraction of sp³-hybridized carbons (Fsp3) is 0.833. The molecule has 0 unspecified atom stereocenters. The molecule has 3 heteroatoms. The van der Waals surface area contributed by atoms with Gasteiger partial charge in [0.1, 0.15) is 0 Å². The summed E-state index contributed by atoms with van der Waals surface area (Å²) >= 11 is 0. The van der Waals surface area contributed by atoms with Crippen molar-refractivity contribution < 1.29 is 14.3 Å². The molecule has 1 saturated heterocycles. The van der Waals surface area contributed by atoms with Gasteiger partial charge in [-0.2, -0.15) is 0 Å². The van der Waals surface area contributed by atoms with Gasteiger partial charge in [-0.15, -0.1) is 0 Å². The van der Waals surface area contributed by atoms with Crippen LogP contribution in [0.2, 0.25) is 0 Å². The number of hydrogen-bond donors (Lipinski definition) is 0. The SMILES string of the molecule is CC(=O)O[C@@H]1OC[C@@]2(C)C=C(C3(C)CCCCC3)CC[C@@H]12. The number of hydrogen-bond acceptors (Lipinski definition) is 3. The summed E-state index contributed by atoms with van der Waals surface area (Å²) in [7, 11) is 0. The van der Waals surface area contributed by atoms with Gasteiger partial charge < -0.3 is 9.47 Å². The Kier molecular flexibility index (Phi) is 3.89. The van der Waals surface area contributed by atoms with Crippen LogP contribution < -0.4 is 0 Å². The van der Waals surface area contributed by atoms with Gasteiger partial charge in [0.2, 0.25) is 6.29 Å². The summed E-state index contributed by atoms with van der Waals surface area (Å²) in [5.41, 5.74) is 2.06. The first kappa shape index (κ1) is 15.1. The van der Waals surface area contributed by atoms with E-state index in [0.717, 1.165) is 12.8 Å². The average molecular weight is 292 g/mol. The van der Waals surface area contributed by atoms with Gasteiger partial charge >= 0.3 is 5.97 Å². The van der Waals surface area contributed by atoms with Crippen LogP contribution in [0, 0.1) is 16.7 Å². The summed E-state index contributed by atoms with van der Waals surface area (Å²) in [5.74, 6) is 0.0793. The van der Waals surface area contributed by atoms with Crippen molar-refractivity contribution in [3.63, 3.8) is 0 Å². The summed E-state index contributed by atoms with van der Waals surface area (Å²) in [6.45, 7) is 6.86. The zero-order valence-electron chi connectivity index (χ0n) is 13.6. The molecule has 3 atom stereocenters. The Bertz CT molecular complexity index is 447. The number of allylic oxidation sites excluding steroid dienone is 1. The summed E-state index contributed by atoms with van der Waals surface area (Å²) in [4.78, 5) is 11.2. The fourth-order valence-electron chi connectivity index (χ4n) is 4.60. The van der Waals surface area contributed by atoms with E-state index in [1.165, 1.54) is 39.0 Å². The minimum Gasteiger partial charge on any atom is -0.436 e. The van der Waals surface area contributed by atoms with Crippen LogP contribution in [-0.2, 0) is 14.3 Å². The van der Waals surface area contributed by atoms with Gasteiger partial charge in [0, 0.05) is 18.3 Å². The van der Waals surface area contributed by atoms with Crippen molar-refractivity contribution in [2.45, 2.75) is 72.0 Å². The van der Waals surface area contributed by atoms with Crippen molar-refractivity contribution in [3.8, 4) is 0 Å². The van der Waals surface area contributed by atoms with Crippen molar-refractivity contribution in [1.29, 1.82) is 0 Å². The Labute approximate surface area is 128 Å². The zero-order chi connectivity index (χ0) is 15.1. The molecule has 3 nitrogen and oxygen atoms in total. The maximum atomic E-state index is 11.2. The van der Waals surface area contributed by atoms with E-state index in [9.17, 15) is 4.79 Å². The Morgan fingerprint density at radius 3 is 2.67 bits per heavy atom. The molecule has 2 fully saturated rings. The van der Waals surface area contributed by atoms with Gasteiger partial charge in [0.05, 0.1) is 6.61 Å². The van der Waals surface area contributed by atoms with E-state index in [4.69, 9.17) is 9.47 Å². The van der Waals surface area contributed by atoms with Crippen LogP contribution in [0.4, 0.5) is 0 Å². The van der Waals surface area contributed by atoms with Crippen LogP contribution in [0.1, 0.15) is 65.7 Å². The molecule has 3 aliphatic rings. The van der Waals surface area contributed by atoms with E-state index in [1.54, 1.807) is 5.57 Å². The highest BCUT2D eigenvalue weighted by Gasteiger charge is 2.50. The lowest BCUT2D eigenvalue weighted by molar-refractivity contribution is -0.173. The zero-order valence-corrected chi connectivity index (χ0v) is 13.6. The molecular formula is C18H28O3. The molecule has 0 spiro atoms. The number of ether oxygens (including phenoxy) is 2. The van der Waals surface area contributed by atoms with E-state index in [1.807, 2.05) is 0 Å². The summed E-state index contributed by atoms with van der Waals surface area (Å²) < 4.78 is 11.2. The third-order valence-electron chi connectivity index (χ3n) is 5.98. The highest BCUT2D eigenvalue weighted by atomic mass is 16.7. The molecule has 3 rings (SSSR count). The highest BCUT2D eigenvalue weighted by molar-refractivity contribution is 5.66. The van der Waals surface area contributed by atoms with E-state index < -0.39 is 0 Å². The largest absolute Gasteiger partial charge is 0.436 e. The molecule has 0 radical (unpaired) electrons. The molecule has 0 aromatic carbocycles. The van der Waals surface area contributed by atoms with Crippen molar-refractivity contribution in [2.24, 2.45) is 16.7 Å². The standard InChI is InChI=1S/C18H28O3/c1-13(19)21-16-15-8-7-14(11-18(15,3)12-20-16)17(2)9-5-4-6-10-17/h11,15-16H,4-10,12H2,1-3H3/t15-,16-,18+/m0/s1. The maximum Gasteiger partial charge on any atom is 0.304 e. The fourth-order valence-corrected chi connectivity index (χ4v) is 4.60. The van der Waals surface area contributed by atoms with Crippen LogP contribution in [0.5, 0.6) is 0 Å².